The van der Waals surface area contributed by atoms with E-state index in [1.807, 2.05) is 54.6 Å². The molecule has 132 valence electrons. The second kappa shape index (κ2) is 8.49. The lowest BCUT2D eigenvalue weighted by Crippen LogP contribution is -2.25. The average Bonchev–Trinajstić information content (AvgIpc) is 2.66. The molecule has 3 rings (SSSR count). The molecule has 0 aromatic heterocycles. The van der Waals surface area contributed by atoms with Crippen LogP contribution in [0.4, 0.5) is 5.69 Å². The SMILES string of the molecule is COc1ccc(Br)cc1C=NNC(=O)CNc1ccc2ccccc2c1. The molecule has 0 aliphatic rings. The van der Waals surface area contributed by atoms with Crippen LogP contribution in [0.15, 0.2) is 70.2 Å². The highest BCUT2D eigenvalue weighted by atomic mass is 79.9. The van der Waals surface area contributed by atoms with Gasteiger partial charge in [-0.1, -0.05) is 46.3 Å². The molecule has 5 nitrogen and oxygen atoms in total. The predicted molar refractivity (Wildman–Crippen MR) is 109 cm³/mol. The predicted octanol–water partition coefficient (Wildman–Crippen LogP) is 4.17. The molecule has 0 aliphatic carbocycles. The second-order valence-corrected chi connectivity index (χ2v) is 6.51. The molecular formula is C20H18BrN3O2. The van der Waals surface area contributed by atoms with Crippen LogP contribution in [0.1, 0.15) is 5.56 Å². The van der Waals surface area contributed by atoms with Crippen LogP contribution < -0.4 is 15.5 Å². The topological polar surface area (TPSA) is 62.7 Å². The van der Waals surface area contributed by atoms with Crippen molar-refractivity contribution >= 4 is 44.5 Å². The van der Waals surface area contributed by atoms with Crippen LogP contribution in [-0.4, -0.2) is 25.8 Å². The van der Waals surface area contributed by atoms with Gasteiger partial charge in [-0.2, -0.15) is 5.10 Å². The maximum Gasteiger partial charge on any atom is 0.259 e. The largest absolute Gasteiger partial charge is 0.496 e. The molecule has 0 radical (unpaired) electrons. The fourth-order valence-corrected chi connectivity index (χ4v) is 2.88. The number of hydrazone groups is 1. The van der Waals surface area contributed by atoms with Gasteiger partial charge in [0.15, 0.2) is 0 Å². The number of nitrogens with one attached hydrogen (secondary N) is 2. The van der Waals surface area contributed by atoms with E-state index in [-0.39, 0.29) is 12.5 Å². The van der Waals surface area contributed by atoms with Crippen LogP contribution in [-0.2, 0) is 4.79 Å². The molecule has 0 spiro atoms. The number of hydrogen-bond donors (Lipinski definition) is 2. The van der Waals surface area contributed by atoms with Gasteiger partial charge < -0.3 is 10.1 Å². The summed E-state index contributed by atoms with van der Waals surface area (Å²) in [5, 5.41) is 9.37. The van der Waals surface area contributed by atoms with Crippen molar-refractivity contribution in [2.24, 2.45) is 5.10 Å². The number of methoxy groups -OCH3 is 1. The molecule has 26 heavy (non-hydrogen) atoms. The third-order valence-corrected chi connectivity index (χ3v) is 4.28. The first-order chi connectivity index (χ1) is 12.7. The van der Waals surface area contributed by atoms with E-state index in [1.165, 1.54) is 0 Å². The molecule has 0 atom stereocenters. The number of anilines is 1. The molecular weight excluding hydrogens is 394 g/mol. The van der Waals surface area contributed by atoms with Crippen molar-refractivity contribution in [2.45, 2.75) is 0 Å². The van der Waals surface area contributed by atoms with E-state index in [0.717, 1.165) is 26.5 Å². The number of benzene rings is 3. The monoisotopic (exact) mass is 411 g/mol. The number of hydrogen-bond acceptors (Lipinski definition) is 4. The molecule has 0 heterocycles. The Labute approximate surface area is 160 Å². The molecule has 3 aromatic carbocycles. The highest BCUT2D eigenvalue weighted by molar-refractivity contribution is 9.10. The summed E-state index contributed by atoms with van der Waals surface area (Å²) >= 11 is 3.40. The molecule has 6 heteroatoms. The third kappa shape index (κ3) is 4.61. The summed E-state index contributed by atoms with van der Waals surface area (Å²) in [4.78, 5) is 12.0. The van der Waals surface area contributed by atoms with Crippen molar-refractivity contribution in [1.82, 2.24) is 5.43 Å². The zero-order valence-electron chi connectivity index (χ0n) is 14.2. The summed E-state index contributed by atoms with van der Waals surface area (Å²) in [5.41, 5.74) is 4.16. The Hall–Kier alpha value is -2.86. The highest BCUT2D eigenvalue weighted by Gasteiger charge is 2.03. The van der Waals surface area contributed by atoms with Crippen LogP contribution in [0.2, 0.25) is 0 Å². The maximum atomic E-state index is 12.0. The van der Waals surface area contributed by atoms with Crippen molar-refractivity contribution in [3.63, 3.8) is 0 Å². The van der Waals surface area contributed by atoms with Gasteiger partial charge >= 0.3 is 0 Å². The number of ether oxygens (including phenoxy) is 1. The maximum absolute atomic E-state index is 12.0. The smallest absolute Gasteiger partial charge is 0.259 e. The summed E-state index contributed by atoms with van der Waals surface area (Å²) in [6, 6.07) is 19.6. The first-order valence-electron chi connectivity index (χ1n) is 8.04. The Kier molecular flexibility index (Phi) is 5.86. The first kappa shape index (κ1) is 17.9. The van der Waals surface area contributed by atoms with E-state index < -0.39 is 0 Å². The second-order valence-electron chi connectivity index (χ2n) is 5.59. The van der Waals surface area contributed by atoms with E-state index in [2.05, 4.69) is 37.8 Å². The summed E-state index contributed by atoms with van der Waals surface area (Å²) in [7, 11) is 1.59. The fourth-order valence-electron chi connectivity index (χ4n) is 2.50. The van der Waals surface area contributed by atoms with Gasteiger partial charge in [-0.05, 0) is 41.1 Å². The Morgan fingerprint density at radius 2 is 1.92 bits per heavy atom. The summed E-state index contributed by atoms with van der Waals surface area (Å²) in [5.74, 6) is 0.448. The number of carbonyl (C=O) groups is 1. The standard InChI is InChI=1S/C20H18BrN3O2/c1-26-19-9-7-17(21)10-16(19)12-23-24-20(25)13-22-18-8-6-14-4-2-3-5-15(14)11-18/h2-12,22H,13H2,1H3,(H,24,25). The molecule has 2 N–H and O–H groups in total. The van der Waals surface area contributed by atoms with Gasteiger partial charge in [0.25, 0.3) is 5.91 Å². The normalized spacial score (nSPS) is 10.8. The quantitative estimate of drug-likeness (QED) is 0.472. The third-order valence-electron chi connectivity index (χ3n) is 3.79. The van der Waals surface area contributed by atoms with Crippen molar-refractivity contribution in [2.75, 3.05) is 19.0 Å². The summed E-state index contributed by atoms with van der Waals surface area (Å²) in [6.45, 7) is 0.130. The first-order valence-corrected chi connectivity index (χ1v) is 8.83. The molecule has 0 aliphatic heterocycles. The van der Waals surface area contributed by atoms with E-state index in [9.17, 15) is 4.79 Å². The van der Waals surface area contributed by atoms with Crippen LogP contribution in [0, 0.1) is 0 Å². The molecule has 0 bridgehead atoms. The van der Waals surface area contributed by atoms with Crippen molar-refractivity contribution in [3.05, 3.63) is 70.7 Å². The lowest BCUT2D eigenvalue weighted by Gasteiger charge is -2.07. The van der Waals surface area contributed by atoms with Crippen molar-refractivity contribution in [3.8, 4) is 5.75 Å². The van der Waals surface area contributed by atoms with E-state index in [1.54, 1.807) is 13.3 Å². The molecule has 0 fully saturated rings. The zero-order valence-corrected chi connectivity index (χ0v) is 15.8. The molecule has 0 unspecified atom stereocenters. The Morgan fingerprint density at radius 1 is 1.12 bits per heavy atom. The van der Waals surface area contributed by atoms with Gasteiger partial charge in [-0.25, -0.2) is 5.43 Å². The van der Waals surface area contributed by atoms with Crippen molar-refractivity contribution in [1.29, 1.82) is 0 Å². The number of nitrogens with zero attached hydrogens (tertiary/aromatic N) is 1. The number of amides is 1. The van der Waals surface area contributed by atoms with Gasteiger partial charge in [-0.15, -0.1) is 0 Å². The summed E-state index contributed by atoms with van der Waals surface area (Å²) < 4.78 is 6.17. The number of fused-ring (bicyclic) bond motifs is 1. The zero-order chi connectivity index (χ0) is 18.4. The van der Waals surface area contributed by atoms with Gasteiger partial charge in [0.2, 0.25) is 0 Å². The Morgan fingerprint density at radius 3 is 2.73 bits per heavy atom. The van der Waals surface area contributed by atoms with Gasteiger partial charge in [0.05, 0.1) is 19.9 Å². The molecule has 0 saturated carbocycles. The minimum Gasteiger partial charge on any atom is -0.496 e. The van der Waals surface area contributed by atoms with Crippen LogP contribution >= 0.6 is 15.9 Å². The van der Waals surface area contributed by atoms with Gasteiger partial charge in [0.1, 0.15) is 5.75 Å². The number of halogens is 1. The Balaban J connectivity index is 1.56. The van der Waals surface area contributed by atoms with Gasteiger partial charge in [0, 0.05) is 15.7 Å². The van der Waals surface area contributed by atoms with Crippen LogP contribution in [0.5, 0.6) is 5.75 Å². The fraction of sp³-hybridized carbons (Fsp3) is 0.100. The number of rotatable bonds is 6. The lowest BCUT2D eigenvalue weighted by molar-refractivity contribution is -0.119. The lowest BCUT2D eigenvalue weighted by atomic mass is 10.1. The van der Waals surface area contributed by atoms with Crippen molar-refractivity contribution < 1.29 is 9.53 Å². The minimum absolute atomic E-state index is 0.130. The highest BCUT2D eigenvalue weighted by Crippen LogP contribution is 2.21. The van der Waals surface area contributed by atoms with E-state index in [0.29, 0.717) is 5.75 Å². The molecule has 0 saturated heterocycles. The molecule has 1 amide bonds. The van der Waals surface area contributed by atoms with Crippen LogP contribution in [0.25, 0.3) is 10.8 Å². The van der Waals surface area contributed by atoms with Crippen LogP contribution in [0.3, 0.4) is 0 Å². The summed E-state index contributed by atoms with van der Waals surface area (Å²) in [6.07, 6.45) is 1.55. The van der Waals surface area contributed by atoms with Gasteiger partial charge in [-0.3, -0.25) is 4.79 Å². The van der Waals surface area contributed by atoms with E-state index >= 15 is 0 Å². The average molecular weight is 412 g/mol. The molecule has 3 aromatic rings. The van der Waals surface area contributed by atoms with E-state index in [4.69, 9.17) is 4.74 Å². The number of carbonyl (C=O) groups excluding carboxylic acids is 1. The minimum atomic E-state index is -0.233. The Bertz CT molecular complexity index is 957.